The molecule has 10 rings (SSSR count). The fraction of sp³-hybridized carbons (Fsp3) is 0.0213. The number of rotatable bonds is 5. The van der Waals surface area contributed by atoms with E-state index in [1.54, 1.807) is 0 Å². The molecular weight excluding hydrogens is 607 g/mol. The quantitative estimate of drug-likeness (QED) is 0.188. The van der Waals surface area contributed by atoms with Gasteiger partial charge in [0.2, 0.25) is 0 Å². The third kappa shape index (κ3) is 4.10. The number of para-hydroxylation sites is 2. The topological polar surface area (TPSA) is 30.7 Å². The van der Waals surface area contributed by atoms with Gasteiger partial charge in [-0.1, -0.05) is 164 Å². The SMILES string of the molecule is c1ccc(-c2nc(-c3ccccc3)c3c(n2)-c2ccccc2C3(c2ccccc2)c2cccc(-n3c4ccccc4c4ccccc43)c2)cc1. The van der Waals surface area contributed by atoms with Crippen molar-refractivity contribution in [1.29, 1.82) is 0 Å². The predicted molar refractivity (Wildman–Crippen MR) is 205 cm³/mol. The molecule has 0 saturated carbocycles. The van der Waals surface area contributed by atoms with Crippen LogP contribution in [0.3, 0.4) is 0 Å². The maximum absolute atomic E-state index is 5.45. The molecule has 0 bridgehead atoms. The molecule has 1 atom stereocenters. The molecule has 1 unspecified atom stereocenters. The van der Waals surface area contributed by atoms with Gasteiger partial charge in [-0.2, -0.15) is 0 Å². The lowest BCUT2D eigenvalue weighted by Gasteiger charge is -2.35. The fourth-order valence-corrected chi connectivity index (χ4v) is 8.22. The predicted octanol–water partition coefficient (Wildman–Crippen LogP) is 11.3. The second-order valence-electron chi connectivity index (χ2n) is 12.9. The first-order valence-corrected chi connectivity index (χ1v) is 17.1. The van der Waals surface area contributed by atoms with Crippen molar-refractivity contribution in [2.24, 2.45) is 0 Å². The summed E-state index contributed by atoms with van der Waals surface area (Å²) >= 11 is 0. The van der Waals surface area contributed by atoms with Gasteiger partial charge in [0, 0.05) is 38.7 Å². The Morgan fingerprint density at radius 3 is 1.66 bits per heavy atom. The Bertz CT molecular complexity index is 2640. The molecule has 50 heavy (non-hydrogen) atoms. The number of fused-ring (bicyclic) bond motifs is 6. The summed E-state index contributed by atoms with van der Waals surface area (Å²) in [5.41, 5.74) is 12.6. The molecule has 1 aliphatic carbocycles. The van der Waals surface area contributed by atoms with Crippen molar-refractivity contribution in [3.05, 3.63) is 210 Å². The van der Waals surface area contributed by atoms with E-state index in [0.717, 1.165) is 45.2 Å². The summed E-state index contributed by atoms with van der Waals surface area (Å²) in [7, 11) is 0. The van der Waals surface area contributed by atoms with E-state index in [9.17, 15) is 0 Å². The zero-order valence-corrected chi connectivity index (χ0v) is 27.2. The summed E-state index contributed by atoms with van der Waals surface area (Å²) in [4.78, 5) is 10.9. The summed E-state index contributed by atoms with van der Waals surface area (Å²) in [5, 5.41) is 2.49. The number of benzene rings is 7. The third-order valence-electron chi connectivity index (χ3n) is 10.3. The molecule has 1 aliphatic rings. The van der Waals surface area contributed by atoms with Crippen molar-refractivity contribution in [3.63, 3.8) is 0 Å². The molecule has 0 N–H and O–H groups in total. The first-order valence-electron chi connectivity index (χ1n) is 17.1. The van der Waals surface area contributed by atoms with Gasteiger partial charge in [-0.25, -0.2) is 9.97 Å². The fourth-order valence-electron chi connectivity index (χ4n) is 8.22. The Kier molecular flexibility index (Phi) is 6.40. The maximum Gasteiger partial charge on any atom is 0.160 e. The van der Waals surface area contributed by atoms with E-state index in [1.807, 2.05) is 6.07 Å². The summed E-state index contributed by atoms with van der Waals surface area (Å²) in [6, 6.07) is 67.2. The average Bonchev–Trinajstić information content (AvgIpc) is 3.70. The van der Waals surface area contributed by atoms with Crippen molar-refractivity contribution < 1.29 is 0 Å². The monoisotopic (exact) mass is 637 g/mol. The summed E-state index contributed by atoms with van der Waals surface area (Å²) in [6.45, 7) is 0. The van der Waals surface area contributed by atoms with E-state index in [2.05, 4.69) is 187 Å². The molecule has 2 heterocycles. The van der Waals surface area contributed by atoms with Gasteiger partial charge in [0.05, 0.1) is 27.8 Å². The highest BCUT2D eigenvalue weighted by Gasteiger charge is 2.49. The second-order valence-corrected chi connectivity index (χ2v) is 12.9. The normalized spacial score (nSPS) is 14.9. The number of nitrogens with zero attached hydrogens (tertiary/aromatic N) is 3. The molecule has 0 spiro atoms. The van der Waals surface area contributed by atoms with E-state index in [0.29, 0.717) is 0 Å². The Balaban J connectivity index is 1.34. The number of hydrogen-bond acceptors (Lipinski definition) is 2. The van der Waals surface area contributed by atoms with Gasteiger partial charge in [-0.05, 0) is 41.0 Å². The van der Waals surface area contributed by atoms with Gasteiger partial charge >= 0.3 is 0 Å². The molecule has 0 amide bonds. The molecule has 3 heteroatoms. The Morgan fingerprint density at radius 2 is 0.960 bits per heavy atom. The zero-order valence-electron chi connectivity index (χ0n) is 27.2. The standard InChI is InChI=1S/C47H31N3/c1-4-17-32(18-5-1)44-43-45(49-46(48-44)33-19-6-2-7-20-33)39-27-10-13-28-40(39)47(43,34-21-8-3-9-22-34)35-23-16-24-36(31-35)50-41-29-14-11-25-37(41)38-26-12-15-30-42(38)50/h1-31H. The lowest BCUT2D eigenvalue weighted by molar-refractivity contribution is 0.762. The molecule has 2 aromatic heterocycles. The number of aromatic nitrogens is 3. The van der Waals surface area contributed by atoms with Crippen LogP contribution in [0.2, 0.25) is 0 Å². The minimum atomic E-state index is -0.692. The molecule has 234 valence electrons. The Labute approximate surface area is 290 Å². The van der Waals surface area contributed by atoms with Gasteiger partial charge in [-0.15, -0.1) is 0 Å². The van der Waals surface area contributed by atoms with Gasteiger partial charge in [0.25, 0.3) is 0 Å². The largest absolute Gasteiger partial charge is 0.309 e. The average molecular weight is 638 g/mol. The van der Waals surface area contributed by atoms with E-state index < -0.39 is 5.41 Å². The minimum Gasteiger partial charge on any atom is -0.309 e. The van der Waals surface area contributed by atoms with Gasteiger partial charge in [0.15, 0.2) is 5.82 Å². The Morgan fingerprint density at radius 1 is 0.420 bits per heavy atom. The highest BCUT2D eigenvalue weighted by atomic mass is 15.0. The molecule has 0 fully saturated rings. The summed E-state index contributed by atoms with van der Waals surface area (Å²) in [5.74, 6) is 0.723. The zero-order chi connectivity index (χ0) is 33.1. The van der Waals surface area contributed by atoms with Crippen LogP contribution in [-0.4, -0.2) is 14.5 Å². The second kappa shape index (κ2) is 11.3. The lowest BCUT2D eigenvalue weighted by Crippen LogP contribution is -2.30. The minimum absolute atomic E-state index is 0.692. The van der Waals surface area contributed by atoms with Crippen molar-refractivity contribution in [1.82, 2.24) is 14.5 Å². The lowest BCUT2D eigenvalue weighted by atomic mass is 9.67. The third-order valence-corrected chi connectivity index (χ3v) is 10.3. The smallest absolute Gasteiger partial charge is 0.160 e. The van der Waals surface area contributed by atoms with E-state index in [-0.39, 0.29) is 0 Å². The molecule has 3 nitrogen and oxygen atoms in total. The first kappa shape index (κ1) is 28.4. The van der Waals surface area contributed by atoms with Crippen LogP contribution in [0.25, 0.3) is 61.4 Å². The van der Waals surface area contributed by atoms with Gasteiger partial charge < -0.3 is 4.57 Å². The number of hydrogen-bond donors (Lipinski definition) is 0. The molecule has 0 saturated heterocycles. The van der Waals surface area contributed by atoms with Crippen molar-refractivity contribution in [2.45, 2.75) is 5.41 Å². The first-order chi connectivity index (χ1) is 24.8. The molecule has 7 aromatic carbocycles. The van der Waals surface area contributed by atoms with Crippen LogP contribution in [-0.2, 0) is 5.41 Å². The molecule has 0 aliphatic heterocycles. The van der Waals surface area contributed by atoms with Crippen LogP contribution in [0.1, 0.15) is 22.3 Å². The van der Waals surface area contributed by atoms with Crippen LogP contribution in [0, 0.1) is 0 Å². The van der Waals surface area contributed by atoms with Crippen LogP contribution >= 0.6 is 0 Å². The van der Waals surface area contributed by atoms with Crippen LogP contribution in [0.15, 0.2) is 188 Å². The molecule has 9 aromatic rings. The molecular formula is C47H31N3. The van der Waals surface area contributed by atoms with Crippen LogP contribution in [0.4, 0.5) is 0 Å². The van der Waals surface area contributed by atoms with Crippen LogP contribution < -0.4 is 0 Å². The summed E-state index contributed by atoms with van der Waals surface area (Å²) in [6.07, 6.45) is 0. The highest BCUT2D eigenvalue weighted by molar-refractivity contribution is 6.09. The Hall–Kier alpha value is -6.58. The highest BCUT2D eigenvalue weighted by Crippen LogP contribution is 2.58. The van der Waals surface area contributed by atoms with E-state index in [1.165, 1.54) is 38.5 Å². The van der Waals surface area contributed by atoms with Crippen molar-refractivity contribution in [3.8, 4) is 39.6 Å². The van der Waals surface area contributed by atoms with Crippen LogP contribution in [0.5, 0.6) is 0 Å². The van der Waals surface area contributed by atoms with Crippen molar-refractivity contribution >= 4 is 21.8 Å². The van der Waals surface area contributed by atoms with E-state index in [4.69, 9.17) is 9.97 Å². The van der Waals surface area contributed by atoms with E-state index >= 15 is 0 Å². The van der Waals surface area contributed by atoms with Gasteiger partial charge in [-0.3, -0.25) is 0 Å². The van der Waals surface area contributed by atoms with Crippen molar-refractivity contribution in [2.75, 3.05) is 0 Å². The van der Waals surface area contributed by atoms with Gasteiger partial charge in [0.1, 0.15) is 0 Å². The maximum atomic E-state index is 5.45. The molecule has 0 radical (unpaired) electrons. The summed E-state index contributed by atoms with van der Waals surface area (Å²) < 4.78 is 2.40.